The Morgan fingerprint density at radius 1 is 1.25 bits per heavy atom. The number of rotatable bonds is 1. The zero-order valence-corrected chi connectivity index (χ0v) is 11.8. The van der Waals surface area contributed by atoms with Crippen molar-refractivity contribution in [2.75, 3.05) is 6.54 Å². The van der Waals surface area contributed by atoms with Crippen LogP contribution in [0.4, 0.5) is 13.2 Å². The minimum atomic E-state index is -5.01. The fourth-order valence-electron chi connectivity index (χ4n) is 1.97. The lowest BCUT2D eigenvalue weighted by Crippen LogP contribution is -2.55. The SMILES string of the molecule is C[C@H]1C=CCN(C(=O)C(F)(F)F)[C@@H]1C(=O)OC(C)(C)C. The molecule has 0 saturated heterocycles. The molecule has 2 atom stereocenters. The molecule has 0 unspecified atom stereocenters. The first-order valence-electron chi connectivity index (χ1n) is 6.21. The molecule has 20 heavy (non-hydrogen) atoms. The van der Waals surface area contributed by atoms with Gasteiger partial charge >= 0.3 is 18.1 Å². The van der Waals surface area contributed by atoms with Crippen molar-refractivity contribution in [3.8, 4) is 0 Å². The maximum atomic E-state index is 12.6. The van der Waals surface area contributed by atoms with Gasteiger partial charge in [-0.15, -0.1) is 0 Å². The van der Waals surface area contributed by atoms with Gasteiger partial charge in [-0.25, -0.2) is 4.79 Å². The normalized spacial score (nSPS) is 23.6. The minimum Gasteiger partial charge on any atom is -0.458 e. The number of amides is 1. The zero-order valence-electron chi connectivity index (χ0n) is 11.8. The second-order valence-electron chi connectivity index (χ2n) is 5.72. The third-order valence-electron chi connectivity index (χ3n) is 2.73. The Bertz CT molecular complexity index is 424. The van der Waals surface area contributed by atoms with Crippen LogP contribution in [0.3, 0.4) is 0 Å². The van der Waals surface area contributed by atoms with E-state index in [2.05, 4.69) is 0 Å². The van der Waals surface area contributed by atoms with E-state index in [1.54, 1.807) is 33.8 Å². The predicted molar refractivity (Wildman–Crippen MR) is 65.7 cm³/mol. The molecule has 0 spiro atoms. The Balaban J connectivity index is 3.01. The molecule has 1 aliphatic rings. The lowest BCUT2D eigenvalue weighted by atomic mass is 9.96. The standard InChI is InChI=1S/C13H18F3NO3/c1-8-6-5-7-17(11(19)13(14,15)16)9(8)10(18)20-12(2,3)4/h5-6,8-9H,7H2,1-4H3/t8-,9-/m0/s1. The highest BCUT2D eigenvalue weighted by atomic mass is 19.4. The molecule has 7 heteroatoms. The molecule has 4 nitrogen and oxygen atoms in total. The number of nitrogens with zero attached hydrogens (tertiary/aromatic N) is 1. The number of carbonyl (C=O) groups is 2. The number of hydrogen-bond donors (Lipinski definition) is 0. The van der Waals surface area contributed by atoms with Gasteiger partial charge in [0.15, 0.2) is 0 Å². The highest BCUT2D eigenvalue weighted by molar-refractivity contribution is 5.88. The maximum absolute atomic E-state index is 12.6. The van der Waals surface area contributed by atoms with Gasteiger partial charge in [-0.3, -0.25) is 4.79 Å². The number of halogens is 3. The highest BCUT2D eigenvalue weighted by Gasteiger charge is 2.48. The van der Waals surface area contributed by atoms with Crippen LogP contribution >= 0.6 is 0 Å². The van der Waals surface area contributed by atoms with E-state index in [1.165, 1.54) is 6.08 Å². The van der Waals surface area contributed by atoms with Gasteiger partial charge < -0.3 is 9.64 Å². The van der Waals surface area contributed by atoms with Gasteiger partial charge in [0.1, 0.15) is 11.6 Å². The third-order valence-corrected chi connectivity index (χ3v) is 2.73. The van der Waals surface area contributed by atoms with Crippen LogP contribution in [-0.4, -0.2) is 41.1 Å². The number of hydrogen-bond acceptors (Lipinski definition) is 3. The van der Waals surface area contributed by atoms with E-state index >= 15 is 0 Å². The molecular formula is C13H18F3NO3. The van der Waals surface area contributed by atoms with Gasteiger partial charge in [-0.2, -0.15) is 13.2 Å². The van der Waals surface area contributed by atoms with Crippen LogP contribution < -0.4 is 0 Å². The van der Waals surface area contributed by atoms with Gasteiger partial charge in [-0.1, -0.05) is 19.1 Å². The summed E-state index contributed by atoms with van der Waals surface area (Å²) in [4.78, 5) is 24.0. The summed E-state index contributed by atoms with van der Waals surface area (Å²) in [5, 5.41) is 0. The fraction of sp³-hybridized carbons (Fsp3) is 0.692. The van der Waals surface area contributed by atoms with E-state index in [4.69, 9.17) is 4.74 Å². The van der Waals surface area contributed by atoms with Crippen molar-refractivity contribution >= 4 is 11.9 Å². The minimum absolute atomic E-state index is 0.257. The van der Waals surface area contributed by atoms with Gasteiger partial charge in [0, 0.05) is 12.5 Å². The summed E-state index contributed by atoms with van der Waals surface area (Å²) in [5.74, 6) is -3.39. The summed E-state index contributed by atoms with van der Waals surface area (Å²) in [7, 11) is 0. The summed E-state index contributed by atoms with van der Waals surface area (Å²) >= 11 is 0. The average molecular weight is 293 g/mol. The van der Waals surface area contributed by atoms with Crippen LogP contribution in [-0.2, 0) is 14.3 Å². The topological polar surface area (TPSA) is 46.6 Å². The van der Waals surface area contributed by atoms with Crippen molar-refractivity contribution < 1.29 is 27.5 Å². The van der Waals surface area contributed by atoms with Gasteiger partial charge in [0.05, 0.1) is 0 Å². The van der Waals surface area contributed by atoms with Crippen molar-refractivity contribution in [2.24, 2.45) is 5.92 Å². The Kier molecular flexibility index (Phi) is 4.51. The molecule has 0 aliphatic carbocycles. The van der Waals surface area contributed by atoms with Crippen LogP contribution in [0.2, 0.25) is 0 Å². The summed E-state index contributed by atoms with van der Waals surface area (Å²) in [6.45, 7) is 6.16. The average Bonchev–Trinajstić information content (AvgIpc) is 2.23. The second-order valence-corrected chi connectivity index (χ2v) is 5.72. The number of carbonyl (C=O) groups excluding carboxylic acids is 2. The predicted octanol–water partition coefficient (Wildman–Crippen LogP) is 2.29. The molecule has 1 aliphatic heterocycles. The molecule has 0 radical (unpaired) electrons. The fourth-order valence-corrected chi connectivity index (χ4v) is 1.97. The molecule has 1 rings (SSSR count). The van der Waals surface area contributed by atoms with Crippen LogP contribution in [0, 0.1) is 5.92 Å². The van der Waals surface area contributed by atoms with E-state index in [0.717, 1.165) is 0 Å². The smallest absolute Gasteiger partial charge is 0.458 e. The molecular weight excluding hydrogens is 275 g/mol. The second kappa shape index (κ2) is 5.46. The highest BCUT2D eigenvalue weighted by Crippen LogP contribution is 2.27. The third kappa shape index (κ3) is 3.98. The Morgan fingerprint density at radius 2 is 1.80 bits per heavy atom. The molecule has 0 aromatic rings. The molecule has 0 N–H and O–H groups in total. The van der Waals surface area contributed by atoms with Crippen molar-refractivity contribution in [1.82, 2.24) is 4.90 Å². The van der Waals surface area contributed by atoms with Crippen molar-refractivity contribution in [3.05, 3.63) is 12.2 Å². The van der Waals surface area contributed by atoms with Gasteiger partial charge in [0.2, 0.25) is 0 Å². The molecule has 1 amide bonds. The van der Waals surface area contributed by atoms with Gasteiger partial charge in [0.25, 0.3) is 0 Å². The maximum Gasteiger partial charge on any atom is 0.471 e. The molecule has 0 aromatic heterocycles. The van der Waals surface area contributed by atoms with E-state index in [-0.39, 0.29) is 6.54 Å². The van der Waals surface area contributed by atoms with E-state index in [9.17, 15) is 22.8 Å². The van der Waals surface area contributed by atoms with Gasteiger partial charge in [-0.05, 0) is 20.8 Å². The van der Waals surface area contributed by atoms with Crippen LogP contribution in [0.25, 0.3) is 0 Å². The first kappa shape index (κ1) is 16.5. The molecule has 0 aromatic carbocycles. The number of alkyl halides is 3. The van der Waals surface area contributed by atoms with Crippen molar-refractivity contribution in [1.29, 1.82) is 0 Å². The summed E-state index contributed by atoms with van der Waals surface area (Å²) in [6.07, 6.45) is -1.96. The Morgan fingerprint density at radius 3 is 2.25 bits per heavy atom. The quantitative estimate of drug-likeness (QED) is 0.550. The lowest BCUT2D eigenvalue weighted by molar-refractivity contribution is -0.192. The van der Waals surface area contributed by atoms with E-state index < -0.39 is 35.6 Å². The van der Waals surface area contributed by atoms with Crippen LogP contribution in [0.1, 0.15) is 27.7 Å². The summed E-state index contributed by atoms with van der Waals surface area (Å²) < 4.78 is 42.8. The van der Waals surface area contributed by atoms with E-state index in [0.29, 0.717) is 4.90 Å². The Labute approximate surface area is 115 Å². The van der Waals surface area contributed by atoms with Crippen molar-refractivity contribution in [2.45, 2.75) is 45.5 Å². The lowest BCUT2D eigenvalue weighted by Gasteiger charge is -2.36. The molecule has 1 heterocycles. The first-order chi connectivity index (χ1) is 8.93. The van der Waals surface area contributed by atoms with Crippen molar-refractivity contribution in [3.63, 3.8) is 0 Å². The summed E-state index contributed by atoms with van der Waals surface area (Å²) in [5.41, 5.74) is -0.828. The Hall–Kier alpha value is -1.53. The monoisotopic (exact) mass is 293 g/mol. The number of ether oxygens (including phenoxy) is 1. The number of esters is 1. The molecule has 114 valence electrons. The zero-order chi connectivity index (χ0) is 15.7. The van der Waals surface area contributed by atoms with E-state index in [1.807, 2.05) is 0 Å². The first-order valence-corrected chi connectivity index (χ1v) is 6.21. The molecule has 0 bridgehead atoms. The largest absolute Gasteiger partial charge is 0.471 e. The van der Waals surface area contributed by atoms with Crippen LogP contribution in [0.5, 0.6) is 0 Å². The molecule has 0 saturated carbocycles. The molecule has 0 fully saturated rings. The summed E-state index contributed by atoms with van der Waals surface area (Å²) in [6, 6.07) is -1.26. The van der Waals surface area contributed by atoms with Crippen LogP contribution in [0.15, 0.2) is 12.2 Å².